The van der Waals surface area contributed by atoms with E-state index in [1.54, 1.807) is 0 Å². The second kappa shape index (κ2) is 5.44. The van der Waals surface area contributed by atoms with Crippen LogP contribution in [0.2, 0.25) is 0 Å². The van der Waals surface area contributed by atoms with Crippen molar-refractivity contribution in [3.63, 3.8) is 0 Å². The van der Waals surface area contributed by atoms with Crippen molar-refractivity contribution >= 4 is 66.6 Å². The molecule has 2 nitrogen and oxygen atoms in total. The molecule has 0 aromatic heterocycles. The van der Waals surface area contributed by atoms with Gasteiger partial charge in [0.1, 0.15) is 9.75 Å². The number of alkyl halides is 2. The number of Topliss-reactive ketones (excluding diaryl/α,β-unsaturated/α-hetero) is 2. The maximum absolute atomic E-state index is 13.2. The minimum atomic E-state index is -1.14. The summed E-state index contributed by atoms with van der Waals surface area (Å²) in [4.78, 5) is 24.1. The van der Waals surface area contributed by atoms with Crippen LogP contribution >= 0.6 is 55.1 Å². The molecule has 0 spiro atoms. The van der Waals surface area contributed by atoms with Crippen LogP contribution in [0.4, 0.5) is 0 Å². The van der Waals surface area contributed by atoms with E-state index < -0.39 is 21.6 Å². The van der Waals surface area contributed by atoms with Crippen LogP contribution in [0.1, 0.15) is 23.0 Å². The summed E-state index contributed by atoms with van der Waals surface area (Å²) in [5, 5.41) is 0. The van der Waals surface area contributed by atoms with E-state index in [0.717, 1.165) is 20.1 Å². The zero-order chi connectivity index (χ0) is 18.4. The van der Waals surface area contributed by atoms with E-state index >= 15 is 0 Å². The molecule has 6 atom stereocenters. The third-order valence-electron chi connectivity index (χ3n) is 6.04. The fourth-order valence-corrected chi connectivity index (χ4v) is 6.29. The van der Waals surface area contributed by atoms with Gasteiger partial charge in [0.05, 0.1) is 11.8 Å². The molecule has 0 heterocycles. The van der Waals surface area contributed by atoms with Crippen molar-refractivity contribution in [3.8, 4) is 0 Å². The molecular weight excluding hydrogens is 503 g/mol. The molecule has 3 aliphatic rings. The number of carbonyl (C=O) groups excluding carboxylic acids is 2. The molecule has 0 bridgehead atoms. The van der Waals surface area contributed by atoms with E-state index in [2.05, 4.69) is 31.9 Å². The summed E-state index contributed by atoms with van der Waals surface area (Å²) in [6, 6.07) is 15.3. The first-order valence-electron chi connectivity index (χ1n) is 8.28. The fourth-order valence-electron chi connectivity index (χ4n) is 4.70. The summed E-state index contributed by atoms with van der Waals surface area (Å²) in [5.41, 5.74) is 1.83. The predicted octanol–water partition coefficient (Wildman–Crippen LogP) is 5.45. The monoisotopic (exact) mass is 512 g/mol. The van der Waals surface area contributed by atoms with Gasteiger partial charge in [-0.1, -0.05) is 56.1 Å². The molecule has 0 saturated heterocycles. The lowest BCUT2D eigenvalue weighted by Crippen LogP contribution is -2.37. The topological polar surface area (TPSA) is 34.1 Å². The van der Waals surface area contributed by atoms with Crippen molar-refractivity contribution in [2.75, 3.05) is 0 Å². The molecule has 3 fully saturated rings. The molecule has 6 unspecified atom stereocenters. The number of ketones is 2. The van der Waals surface area contributed by atoms with Gasteiger partial charge >= 0.3 is 0 Å². The van der Waals surface area contributed by atoms with Crippen LogP contribution in [0.3, 0.4) is 0 Å². The number of carbonyl (C=O) groups is 2. The Labute approximate surface area is 177 Å². The summed E-state index contributed by atoms with van der Waals surface area (Å²) in [6.45, 7) is 0. The van der Waals surface area contributed by atoms with E-state index in [-0.39, 0.29) is 23.4 Å². The van der Waals surface area contributed by atoms with Gasteiger partial charge in [-0.15, -0.1) is 23.2 Å². The van der Waals surface area contributed by atoms with Crippen LogP contribution in [-0.4, -0.2) is 21.3 Å². The van der Waals surface area contributed by atoms with Crippen LogP contribution in [0.25, 0.3) is 0 Å². The summed E-state index contributed by atoms with van der Waals surface area (Å²) in [7, 11) is 0. The minimum absolute atomic E-state index is 0.0837. The lowest BCUT2D eigenvalue weighted by Gasteiger charge is -2.16. The highest BCUT2D eigenvalue weighted by molar-refractivity contribution is 9.10. The Balaban J connectivity index is 1.52. The van der Waals surface area contributed by atoms with Gasteiger partial charge in [-0.05, 0) is 35.4 Å². The first kappa shape index (κ1) is 17.4. The van der Waals surface area contributed by atoms with Gasteiger partial charge in [-0.25, -0.2) is 0 Å². The van der Waals surface area contributed by atoms with Gasteiger partial charge in [-0.3, -0.25) is 9.59 Å². The lowest BCUT2D eigenvalue weighted by atomic mass is 9.97. The first-order chi connectivity index (χ1) is 12.3. The number of hydrogen-bond donors (Lipinski definition) is 0. The second-order valence-electron chi connectivity index (χ2n) is 7.28. The molecule has 2 aromatic carbocycles. The third kappa shape index (κ3) is 2.05. The highest BCUT2D eigenvalue weighted by Gasteiger charge is 2.88. The number of fused-ring (bicyclic) bond motifs is 2. The largest absolute Gasteiger partial charge is 0.297 e. The van der Waals surface area contributed by atoms with E-state index in [1.165, 1.54) is 0 Å². The molecule has 3 aliphatic carbocycles. The van der Waals surface area contributed by atoms with E-state index in [9.17, 15) is 9.59 Å². The summed E-state index contributed by atoms with van der Waals surface area (Å²) in [5.74, 6) is -1.81. The van der Waals surface area contributed by atoms with Crippen molar-refractivity contribution in [3.05, 3.63) is 68.6 Å². The lowest BCUT2D eigenvalue weighted by molar-refractivity contribution is -0.129. The average molecular weight is 515 g/mol. The van der Waals surface area contributed by atoms with Gasteiger partial charge in [0.25, 0.3) is 0 Å². The summed E-state index contributed by atoms with van der Waals surface area (Å²) in [6.07, 6.45) is 0. The Bertz CT molecular complexity index is 879. The van der Waals surface area contributed by atoms with Crippen molar-refractivity contribution < 1.29 is 9.59 Å². The Morgan fingerprint density at radius 1 is 0.615 bits per heavy atom. The van der Waals surface area contributed by atoms with E-state index in [0.29, 0.717) is 0 Å². The maximum Gasteiger partial charge on any atom is 0.161 e. The van der Waals surface area contributed by atoms with Crippen molar-refractivity contribution in [1.29, 1.82) is 0 Å². The van der Waals surface area contributed by atoms with Crippen LogP contribution in [0.5, 0.6) is 0 Å². The van der Waals surface area contributed by atoms with Crippen LogP contribution in [0, 0.1) is 11.8 Å². The quantitative estimate of drug-likeness (QED) is 0.500. The predicted molar refractivity (Wildman–Crippen MR) is 108 cm³/mol. The van der Waals surface area contributed by atoms with Gasteiger partial charge in [0, 0.05) is 20.8 Å². The van der Waals surface area contributed by atoms with Crippen LogP contribution in [-0.2, 0) is 9.59 Å². The summed E-state index contributed by atoms with van der Waals surface area (Å²) < 4.78 is 1.89. The number of benzene rings is 2. The molecular formula is C20H12Br2Cl2O2. The molecule has 6 heteroatoms. The molecule has 3 saturated carbocycles. The van der Waals surface area contributed by atoms with Crippen molar-refractivity contribution in [2.45, 2.75) is 21.6 Å². The van der Waals surface area contributed by atoms with Gasteiger partial charge < -0.3 is 0 Å². The Morgan fingerprint density at radius 2 is 0.923 bits per heavy atom. The smallest absolute Gasteiger partial charge is 0.161 e. The standard InChI is InChI=1S/C20H12Br2Cl2O2/c21-11-5-1-9(2-6-11)13-15-17(25)20(24)14(10-3-7-12(22)8-4-10)16(20)18(26)19(13,15)23/h1-8,13-16H. The van der Waals surface area contributed by atoms with Gasteiger partial charge in [-0.2, -0.15) is 0 Å². The maximum atomic E-state index is 13.2. The molecule has 2 aromatic rings. The highest BCUT2D eigenvalue weighted by atomic mass is 79.9. The van der Waals surface area contributed by atoms with Crippen LogP contribution in [0.15, 0.2) is 57.5 Å². The Hall–Kier alpha value is -0.680. The first-order valence-corrected chi connectivity index (χ1v) is 10.6. The summed E-state index contributed by atoms with van der Waals surface area (Å²) >= 11 is 20.3. The van der Waals surface area contributed by atoms with E-state index in [4.69, 9.17) is 23.2 Å². The number of hydrogen-bond acceptors (Lipinski definition) is 2. The molecule has 5 rings (SSSR count). The number of halogens is 4. The SMILES string of the molecule is O=C1C2C(c3ccc(Br)cc3)C2(Cl)C(=O)C2C(c3ccc(Br)cc3)C12Cl. The van der Waals surface area contributed by atoms with Crippen molar-refractivity contribution in [2.24, 2.45) is 11.8 Å². The third-order valence-corrected chi connectivity index (χ3v) is 8.41. The number of rotatable bonds is 2. The Kier molecular flexibility index (Phi) is 3.64. The van der Waals surface area contributed by atoms with Gasteiger partial charge in [0.2, 0.25) is 0 Å². The average Bonchev–Trinajstić information content (AvgIpc) is 3.46. The molecule has 0 radical (unpaired) electrons. The van der Waals surface area contributed by atoms with Crippen LogP contribution < -0.4 is 0 Å². The van der Waals surface area contributed by atoms with Gasteiger partial charge in [0.15, 0.2) is 11.6 Å². The zero-order valence-electron chi connectivity index (χ0n) is 13.3. The zero-order valence-corrected chi connectivity index (χ0v) is 17.9. The fraction of sp³-hybridized carbons (Fsp3) is 0.300. The van der Waals surface area contributed by atoms with Crippen molar-refractivity contribution in [1.82, 2.24) is 0 Å². The highest BCUT2D eigenvalue weighted by Crippen LogP contribution is 2.78. The molecule has 0 amide bonds. The molecule has 0 aliphatic heterocycles. The molecule has 132 valence electrons. The Morgan fingerprint density at radius 3 is 1.23 bits per heavy atom. The minimum Gasteiger partial charge on any atom is -0.297 e. The second-order valence-corrected chi connectivity index (χ2v) is 10.4. The molecule has 0 N–H and O–H groups in total. The molecule has 26 heavy (non-hydrogen) atoms. The van der Waals surface area contributed by atoms with E-state index in [1.807, 2.05) is 48.5 Å². The normalized spacial score (nSPS) is 40.0.